The number of rotatable bonds is 7. The minimum absolute atomic E-state index is 0.149. The highest BCUT2D eigenvalue weighted by Crippen LogP contribution is 2.35. The highest BCUT2D eigenvalue weighted by atomic mass is 32.2. The number of fused-ring (bicyclic) bond motifs is 1. The number of thiazole rings is 1. The van der Waals surface area contributed by atoms with E-state index in [4.69, 9.17) is 9.15 Å². The Morgan fingerprint density at radius 2 is 2.13 bits per heavy atom. The van der Waals surface area contributed by atoms with Gasteiger partial charge in [-0.2, -0.15) is 0 Å². The number of nitrogens with one attached hydrogen (secondary N) is 1. The number of amides is 1. The Labute approximate surface area is 185 Å². The number of nitro groups is 1. The smallest absolute Gasteiger partial charge is 0.291 e. The molecule has 158 valence electrons. The van der Waals surface area contributed by atoms with Gasteiger partial charge in [-0.05, 0) is 19.1 Å². The molecule has 8 nitrogen and oxygen atoms in total. The number of nitro benzene ring substituents is 1. The van der Waals surface area contributed by atoms with Crippen LogP contribution in [0.4, 0.5) is 11.4 Å². The lowest BCUT2D eigenvalue weighted by molar-refractivity contribution is -0.384. The lowest BCUT2D eigenvalue weighted by Gasteiger charge is -2.09. The van der Waals surface area contributed by atoms with Gasteiger partial charge in [0.15, 0.2) is 5.76 Å². The Morgan fingerprint density at radius 3 is 2.84 bits per heavy atom. The van der Waals surface area contributed by atoms with Crippen LogP contribution in [0, 0.1) is 17.0 Å². The van der Waals surface area contributed by atoms with E-state index in [2.05, 4.69) is 10.3 Å². The largest absolute Gasteiger partial charge is 0.495 e. The highest BCUT2D eigenvalue weighted by Gasteiger charge is 2.23. The van der Waals surface area contributed by atoms with Crippen molar-refractivity contribution in [3.63, 3.8) is 0 Å². The lowest BCUT2D eigenvalue weighted by Crippen LogP contribution is -2.13. The standard InChI is InChI=1S/C21H17N3O5S2/c1-12-10-30-21(22-12)31-11-15-14-5-3-4-6-17(14)29-19(15)20(25)23-16-9-13(24(26)27)7-8-18(16)28-2/h3-10H,11H2,1-2H3,(H,23,25). The zero-order valence-corrected chi connectivity index (χ0v) is 18.2. The number of methoxy groups -OCH3 is 1. The van der Waals surface area contributed by atoms with Gasteiger partial charge in [-0.1, -0.05) is 30.0 Å². The van der Waals surface area contributed by atoms with Gasteiger partial charge in [0.1, 0.15) is 15.7 Å². The first-order valence-electron chi connectivity index (χ1n) is 9.15. The second-order valence-electron chi connectivity index (χ2n) is 6.55. The first-order chi connectivity index (χ1) is 15.0. The van der Waals surface area contributed by atoms with Crippen molar-refractivity contribution in [3.8, 4) is 5.75 Å². The Bertz CT molecular complexity index is 1280. The minimum atomic E-state index is -0.533. The van der Waals surface area contributed by atoms with Crippen molar-refractivity contribution in [2.75, 3.05) is 12.4 Å². The molecule has 0 atom stereocenters. The van der Waals surface area contributed by atoms with Gasteiger partial charge in [0.25, 0.3) is 11.6 Å². The van der Waals surface area contributed by atoms with Crippen molar-refractivity contribution in [3.05, 3.63) is 75.0 Å². The molecule has 2 aromatic heterocycles. The van der Waals surface area contributed by atoms with Crippen LogP contribution >= 0.6 is 23.1 Å². The third kappa shape index (κ3) is 4.39. The van der Waals surface area contributed by atoms with E-state index in [0.717, 1.165) is 21.0 Å². The van der Waals surface area contributed by atoms with E-state index in [-0.39, 0.29) is 17.1 Å². The number of ether oxygens (including phenoxy) is 1. The second-order valence-corrected chi connectivity index (χ2v) is 8.63. The van der Waals surface area contributed by atoms with Gasteiger partial charge < -0.3 is 14.5 Å². The molecule has 4 aromatic rings. The van der Waals surface area contributed by atoms with E-state index in [1.54, 1.807) is 17.4 Å². The summed E-state index contributed by atoms with van der Waals surface area (Å²) in [6, 6.07) is 11.4. The van der Waals surface area contributed by atoms with Crippen molar-refractivity contribution in [1.29, 1.82) is 0 Å². The zero-order chi connectivity index (χ0) is 22.0. The van der Waals surface area contributed by atoms with Gasteiger partial charge in [0.05, 0.1) is 17.7 Å². The molecule has 0 unspecified atom stereocenters. The van der Waals surface area contributed by atoms with Crippen molar-refractivity contribution in [2.24, 2.45) is 0 Å². The van der Waals surface area contributed by atoms with Crippen LogP contribution in [0.5, 0.6) is 5.75 Å². The molecule has 0 fully saturated rings. The van der Waals surface area contributed by atoms with Gasteiger partial charge in [0, 0.05) is 39.9 Å². The number of nitrogens with zero attached hydrogens (tertiary/aromatic N) is 2. The van der Waals surface area contributed by atoms with E-state index in [1.807, 2.05) is 30.5 Å². The summed E-state index contributed by atoms with van der Waals surface area (Å²) in [4.78, 5) is 28.2. The van der Waals surface area contributed by atoms with Crippen LogP contribution in [0.15, 0.2) is 56.6 Å². The van der Waals surface area contributed by atoms with Gasteiger partial charge in [0.2, 0.25) is 0 Å². The molecule has 0 spiro atoms. The number of aromatic nitrogens is 1. The number of carbonyl (C=O) groups excluding carboxylic acids is 1. The molecule has 0 aliphatic rings. The lowest BCUT2D eigenvalue weighted by atomic mass is 10.1. The number of furan rings is 1. The van der Waals surface area contributed by atoms with Crippen molar-refractivity contribution < 1.29 is 18.9 Å². The SMILES string of the molecule is COc1ccc([N+](=O)[O-])cc1NC(=O)c1oc2ccccc2c1CSc1nc(C)cs1. The average Bonchev–Trinajstić information content (AvgIpc) is 3.35. The summed E-state index contributed by atoms with van der Waals surface area (Å²) in [5.41, 5.74) is 2.30. The Morgan fingerprint density at radius 1 is 1.32 bits per heavy atom. The van der Waals surface area contributed by atoms with E-state index < -0.39 is 10.8 Å². The molecular weight excluding hydrogens is 438 g/mol. The van der Waals surface area contributed by atoms with Crippen LogP contribution < -0.4 is 10.1 Å². The number of benzene rings is 2. The van der Waals surface area contributed by atoms with E-state index in [1.165, 1.54) is 37.1 Å². The van der Waals surface area contributed by atoms with Crippen molar-refractivity contribution in [1.82, 2.24) is 4.98 Å². The molecule has 1 N–H and O–H groups in total. The number of aryl methyl sites for hydroxylation is 1. The van der Waals surface area contributed by atoms with Crippen LogP contribution in [-0.2, 0) is 5.75 Å². The monoisotopic (exact) mass is 455 g/mol. The summed E-state index contributed by atoms with van der Waals surface area (Å²) in [5, 5.41) is 16.6. The summed E-state index contributed by atoms with van der Waals surface area (Å²) in [5.74, 6) is 0.430. The number of para-hydroxylation sites is 1. The minimum Gasteiger partial charge on any atom is -0.495 e. The molecule has 10 heteroatoms. The maximum atomic E-state index is 13.1. The molecule has 0 saturated heterocycles. The number of hydrogen-bond donors (Lipinski definition) is 1. The van der Waals surface area contributed by atoms with Gasteiger partial charge >= 0.3 is 0 Å². The molecule has 2 heterocycles. The molecular formula is C21H17N3O5S2. The van der Waals surface area contributed by atoms with Crippen molar-refractivity contribution in [2.45, 2.75) is 17.0 Å². The number of carbonyl (C=O) groups is 1. The van der Waals surface area contributed by atoms with Crippen LogP contribution in [0.2, 0.25) is 0 Å². The second kappa shape index (κ2) is 8.78. The van der Waals surface area contributed by atoms with Gasteiger partial charge in [-0.3, -0.25) is 14.9 Å². The first kappa shape index (κ1) is 20.9. The zero-order valence-electron chi connectivity index (χ0n) is 16.6. The maximum Gasteiger partial charge on any atom is 0.291 e. The number of non-ortho nitro benzene ring substituents is 1. The maximum absolute atomic E-state index is 13.1. The number of anilines is 1. The highest BCUT2D eigenvalue weighted by molar-refractivity contribution is 8.00. The fourth-order valence-corrected chi connectivity index (χ4v) is 4.92. The fraction of sp³-hybridized carbons (Fsp3) is 0.143. The molecule has 0 aliphatic heterocycles. The van der Waals surface area contributed by atoms with E-state index in [0.29, 0.717) is 17.1 Å². The molecule has 0 aliphatic carbocycles. The Balaban J connectivity index is 1.68. The number of thioether (sulfide) groups is 1. The first-order valence-corrected chi connectivity index (χ1v) is 11.0. The van der Waals surface area contributed by atoms with Crippen LogP contribution in [0.3, 0.4) is 0 Å². The normalized spacial score (nSPS) is 10.9. The third-order valence-corrected chi connectivity index (χ3v) is 6.65. The summed E-state index contributed by atoms with van der Waals surface area (Å²) < 4.78 is 12.0. The molecule has 4 rings (SSSR count). The van der Waals surface area contributed by atoms with Crippen molar-refractivity contribution >= 4 is 51.3 Å². The van der Waals surface area contributed by atoms with E-state index in [9.17, 15) is 14.9 Å². The summed E-state index contributed by atoms with van der Waals surface area (Å²) in [6.45, 7) is 1.93. The predicted octanol–water partition coefficient (Wildman–Crippen LogP) is 5.66. The Kier molecular flexibility index (Phi) is 5.92. The van der Waals surface area contributed by atoms with E-state index >= 15 is 0 Å². The van der Waals surface area contributed by atoms with Crippen LogP contribution in [0.1, 0.15) is 21.8 Å². The quantitative estimate of drug-likeness (QED) is 0.218. The topological polar surface area (TPSA) is 108 Å². The summed E-state index contributed by atoms with van der Waals surface area (Å²) in [6.07, 6.45) is 0. The van der Waals surface area contributed by atoms with Crippen LogP contribution in [0.25, 0.3) is 11.0 Å². The molecule has 0 saturated carbocycles. The summed E-state index contributed by atoms with van der Waals surface area (Å²) in [7, 11) is 1.43. The molecule has 0 bridgehead atoms. The molecule has 2 aromatic carbocycles. The fourth-order valence-electron chi connectivity index (χ4n) is 3.04. The third-order valence-electron chi connectivity index (χ3n) is 4.48. The summed E-state index contributed by atoms with van der Waals surface area (Å²) >= 11 is 3.06. The Hall–Kier alpha value is -3.37. The van der Waals surface area contributed by atoms with Crippen LogP contribution in [-0.4, -0.2) is 22.9 Å². The molecule has 0 radical (unpaired) electrons. The molecule has 1 amide bonds. The number of hydrogen-bond acceptors (Lipinski definition) is 8. The molecule has 31 heavy (non-hydrogen) atoms. The average molecular weight is 456 g/mol. The van der Waals surface area contributed by atoms with Gasteiger partial charge in [-0.25, -0.2) is 4.98 Å². The van der Waals surface area contributed by atoms with Gasteiger partial charge in [-0.15, -0.1) is 11.3 Å². The predicted molar refractivity (Wildman–Crippen MR) is 120 cm³/mol.